The van der Waals surface area contributed by atoms with Crippen LogP contribution in [0.3, 0.4) is 0 Å². The molecule has 3 heterocycles. The van der Waals surface area contributed by atoms with E-state index in [1.807, 2.05) is 54.6 Å². The molecule has 31 heavy (non-hydrogen) atoms. The highest BCUT2D eigenvalue weighted by atomic mass is 35.5. The second-order valence-electron chi connectivity index (χ2n) is 7.78. The number of rotatable bonds is 4. The maximum absolute atomic E-state index is 13.1. The number of pyridine rings is 1. The van der Waals surface area contributed by atoms with Crippen molar-refractivity contribution in [1.82, 2.24) is 10.4 Å². The van der Waals surface area contributed by atoms with Gasteiger partial charge in [0.25, 0.3) is 5.91 Å². The third kappa shape index (κ3) is 3.11. The highest BCUT2D eigenvalue weighted by Crippen LogP contribution is 2.47. The Morgan fingerprint density at radius 3 is 2.77 bits per heavy atom. The lowest BCUT2D eigenvalue weighted by Gasteiger charge is -2.23. The third-order valence-corrected chi connectivity index (χ3v) is 6.11. The monoisotopic (exact) mass is 430 g/mol. The lowest BCUT2D eigenvalue weighted by Crippen LogP contribution is -2.31. The zero-order valence-electron chi connectivity index (χ0n) is 16.7. The quantitative estimate of drug-likeness (QED) is 0.501. The summed E-state index contributed by atoms with van der Waals surface area (Å²) in [6.45, 7) is 1.72. The van der Waals surface area contributed by atoms with Gasteiger partial charge >= 0.3 is 0 Å². The largest absolute Gasteiger partial charge is 0.301 e. The third-order valence-electron chi connectivity index (χ3n) is 5.75. The molecule has 2 aliphatic rings. The van der Waals surface area contributed by atoms with Gasteiger partial charge in [-0.1, -0.05) is 42.5 Å². The number of hydrazone groups is 1. The van der Waals surface area contributed by atoms with Gasteiger partial charge in [0, 0.05) is 23.7 Å². The molecule has 1 aromatic heterocycles. The summed E-state index contributed by atoms with van der Waals surface area (Å²) in [4.78, 5) is 29.4. The van der Waals surface area contributed by atoms with Gasteiger partial charge in [-0.2, -0.15) is 5.10 Å². The zero-order valence-corrected chi connectivity index (χ0v) is 17.5. The first-order valence-corrected chi connectivity index (χ1v) is 10.3. The lowest BCUT2D eigenvalue weighted by atomic mass is 9.93. The van der Waals surface area contributed by atoms with E-state index in [-0.39, 0.29) is 5.91 Å². The van der Waals surface area contributed by atoms with E-state index in [1.165, 1.54) is 0 Å². The smallest absolute Gasteiger partial charge is 0.257 e. The minimum Gasteiger partial charge on any atom is -0.301 e. The Kier molecular flexibility index (Phi) is 4.59. The summed E-state index contributed by atoms with van der Waals surface area (Å²) in [6.07, 6.45) is 4.76. The number of para-hydroxylation sites is 1. The summed E-state index contributed by atoms with van der Waals surface area (Å²) in [6, 6.07) is 16.7. The number of aldehydes is 1. The summed E-state index contributed by atoms with van der Waals surface area (Å²) in [5.74, 6) is -0.204. The average Bonchev–Trinajstić information content (AvgIpc) is 3.00. The summed E-state index contributed by atoms with van der Waals surface area (Å²) >= 11 is 6.60. The molecule has 0 aliphatic carbocycles. The van der Waals surface area contributed by atoms with Gasteiger partial charge in [0.1, 0.15) is 17.2 Å². The number of carbonyl (C=O) groups is 2. The van der Waals surface area contributed by atoms with Crippen LogP contribution in [0.25, 0.3) is 0 Å². The van der Waals surface area contributed by atoms with Crippen LogP contribution in [0, 0.1) is 0 Å². The zero-order chi connectivity index (χ0) is 21.6. The number of hydrogen-bond acceptors (Lipinski definition) is 5. The molecular weight excluding hydrogens is 412 g/mol. The Labute approximate surface area is 184 Å². The van der Waals surface area contributed by atoms with Gasteiger partial charge in [-0.3, -0.25) is 20.1 Å². The predicted octanol–water partition coefficient (Wildman–Crippen LogP) is 4.00. The van der Waals surface area contributed by atoms with Crippen LogP contribution in [0.1, 0.15) is 35.2 Å². The number of benzene rings is 2. The van der Waals surface area contributed by atoms with E-state index in [1.54, 1.807) is 24.2 Å². The van der Waals surface area contributed by atoms with Crippen LogP contribution < -0.4 is 10.3 Å². The van der Waals surface area contributed by atoms with Crippen LogP contribution in [-0.2, 0) is 20.9 Å². The molecular formula is C24H19ClN4O2. The van der Waals surface area contributed by atoms with E-state index in [0.29, 0.717) is 12.1 Å². The number of halogens is 1. The molecule has 5 rings (SSSR count). The number of hydrogen-bond donors (Lipinski definition) is 1. The van der Waals surface area contributed by atoms with Gasteiger partial charge in [0.2, 0.25) is 0 Å². The second-order valence-corrected chi connectivity index (χ2v) is 8.53. The maximum atomic E-state index is 13.1. The fourth-order valence-electron chi connectivity index (χ4n) is 4.19. The predicted molar refractivity (Wildman–Crippen MR) is 120 cm³/mol. The average molecular weight is 431 g/mol. The Balaban J connectivity index is 1.50. The van der Waals surface area contributed by atoms with Crippen molar-refractivity contribution in [1.29, 1.82) is 0 Å². The number of amides is 1. The lowest BCUT2D eigenvalue weighted by molar-refractivity contribution is -0.119. The molecule has 0 spiro atoms. The molecule has 1 N–H and O–H groups in total. The molecule has 3 aromatic rings. The SMILES string of the molecule is CC1(Cl)C(=O)N(c2cncc(CC3=NNC(C=O)c4ccccc43)c2)c2ccccc21. The fraction of sp³-hybridized carbons (Fsp3) is 0.167. The second kappa shape index (κ2) is 7.32. The van der Waals surface area contributed by atoms with Gasteiger partial charge in [0.15, 0.2) is 0 Å². The molecule has 2 aromatic carbocycles. The minimum absolute atomic E-state index is 0.204. The molecule has 2 unspecified atom stereocenters. The van der Waals surface area contributed by atoms with Crippen molar-refractivity contribution in [2.24, 2.45) is 5.10 Å². The molecule has 7 heteroatoms. The molecule has 1 amide bonds. The first-order valence-electron chi connectivity index (χ1n) is 9.94. The van der Waals surface area contributed by atoms with Gasteiger partial charge < -0.3 is 4.79 Å². The molecule has 154 valence electrons. The molecule has 0 saturated heterocycles. The normalized spacial score (nSPS) is 21.7. The van der Waals surface area contributed by atoms with Crippen molar-refractivity contribution < 1.29 is 9.59 Å². The van der Waals surface area contributed by atoms with Gasteiger partial charge in [-0.15, -0.1) is 11.6 Å². The number of carbonyl (C=O) groups excluding carboxylic acids is 2. The van der Waals surface area contributed by atoms with E-state index in [4.69, 9.17) is 11.6 Å². The Hall–Kier alpha value is -3.51. The van der Waals surface area contributed by atoms with E-state index < -0.39 is 10.9 Å². The van der Waals surface area contributed by atoms with E-state index in [2.05, 4.69) is 15.5 Å². The van der Waals surface area contributed by atoms with Gasteiger partial charge in [-0.25, -0.2) is 0 Å². The highest BCUT2D eigenvalue weighted by Gasteiger charge is 2.46. The molecule has 2 aliphatic heterocycles. The topological polar surface area (TPSA) is 74.7 Å². The molecule has 0 bridgehead atoms. The number of aromatic nitrogens is 1. The van der Waals surface area contributed by atoms with Crippen molar-refractivity contribution in [2.75, 3.05) is 4.90 Å². The van der Waals surface area contributed by atoms with Crippen molar-refractivity contribution in [3.05, 3.63) is 89.2 Å². The number of alkyl halides is 1. The first kappa shape index (κ1) is 19.5. The van der Waals surface area contributed by atoms with Crippen molar-refractivity contribution in [2.45, 2.75) is 24.3 Å². The van der Waals surface area contributed by atoms with Crippen molar-refractivity contribution >= 4 is 40.9 Å². The molecule has 0 saturated carbocycles. The maximum Gasteiger partial charge on any atom is 0.257 e. The standard InChI is InChI=1S/C24H19ClN4O2/c1-24(25)19-8-4-5-9-22(19)29(23(24)31)16-10-15(12-26-13-16)11-20-17-6-2-3-7-18(17)21(14-30)28-27-20/h2-10,12-14,21,28H,11H2,1H3. The molecule has 0 radical (unpaired) electrons. The number of fused-ring (bicyclic) bond motifs is 2. The molecule has 6 nitrogen and oxygen atoms in total. The molecule has 0 fully saturated rings. The Morgan fingerprint density at radius 2 is 1.94 bits per heavy atom. The van der Waals surface area contributed by atoms with Crippen LogP contribution in [0.2, 0.25) is 0 Å². The fourth-order valence-corrected chi connectivity index (χ4v) is 4.43. The van der Waals surface area contributed by atoms with Gasteiger partial charge in [0.05, 0.1) is 23.3 Å². The van der Waals surface area contributed by atoms with Gasteiger partial charge in [-0.05, 0) is 30.2 Å². The number of nitrogens with one attached hydrogen (secondary N) is 1. The van der Waals surface area contributed by atoms with Crippen molar-refractivity contribution in [3.8, 4) is 0 Å². The molecule has 2 atom stereocenters. The minimum atomic E-state index is -1.12. The van der Waals surface area contributed by atoms with E-state index in [0.717, 1.165) is 39.9 Å². The Morgan fingerprint density at radius 1 is 1.16 bits per heavy atom. The summed E-state index contributed by atoms with van der Waals surface area (Å²) in [5.41, 5.74) is 8.64. The van der Waals surface area contributed by atoms with E-state index >= 15 is 0 Å². The van der Waals surface area contributed by atoms with Crippen LogP contribution in [0.5, 0.6) is 0 Å². The van der Waals surface area contributed by atoms with Crippen LogP contribution in [0.15, 0.2) is 72.1 Å². The number of nitrogens with zero attached hydrogens (tertiary/aromatic N) is 3. The number of anilines is 2. The summed E-state index contributed by atoms with van der Waals surface area (Å²) < 4.78 is 0. The van der Waals surface area contributed by atoms with Crippen molar-refractivity contribution in [3.63, 3.8) is 0 Å². The Bertz CT molecular complexity index is 1240. The van der Waals surface area contributed by atoms with E-state index in [9.17, 15) is 9.59 Å². The summed E-state index contributed by atoms with van der Waals surface area (Å²) in [5, 5.41) is 4.43. The first-order chi connectivity index (χ1) is 15.0. The van der Waals surface area contributed by atoms with Crippen LogP contribution in [-0.4, -0.2) is 22.9 Å². The van der Waals surface area contributed by atoms with Crippen LogP contribution in [0.4, 0.5) is 11.4 Å². The summed E-state index contributed by atoms with van der Waals surface area (Å²) in [7, 11) is 0. The highest BCUT2D eigenvalue weighted by molar-refractivity contribution is 6.40. The van der Waals surface area contributed by atoms with Crippen LogP contribution >= 0.6 is 11.6 Å².